The van der Waals surface area contributed by atoms with Crippen LogP contribution >= 0.6 is 0 Å². The van der Waals surface area contributed by atoms with Crippen molar-refractivity contribution >= 4 is 11.6 Å². The minimum Gasteiger partial charge on any atom is -0.495 e. The maximum Gasteiger partial charge on any atom is 0.274 e. The molecule has 2 heterocycles. The lowest BCUT2D eigenvalue weighted by Gasteiger charge is -2.12. The zero-order valence-electron chi connectivity index (χ0n) is 15.3. The molecule has 0 atom stereocenters. The Morgan fingerprint density at radius 1 is 1.23 bits per heavy atom. The zero-order valence-corrected chi connectivity index (χ0v) is 15.3. The summed E-state index contributed by atoms with van der Waals surface area (Å²) in [5.41, 5.74) is 2.80. The number of hydrogen-bond donors (Lipinski definition) is 1. The highest BCUT2D eigenvalue weighted by Gasteiger charge is 2.18. The van der Waals surface area contributed by atoms with E-state index in [1.54, 1.807) is 35.1 Å². The first kappa shape index (κ1) is 17.7. The van der Waals surface area contributed by atoms with Crippen molar-refractivity contribution in [2.45, 2.75) is 33.2 Å². The molecule has 0 unspecified atom stereocenters. The maximum absolute atomic E-state index is 12.8. The van der Waals surface area contributed by atoms with Crippen LogP contribution in [0.2, 0.25) is 0 Å². The number of aryl methyl sites for hydroxylation is 1. The van der Waals surface area contributed by atoms with Crippen molar-refractivity contribution in [1.82, 2.24) is 24.5 Å². The number of carbonyl (C=O) groups is 1. The van der Waals surface area contributed by atoms with Gasteiger partial charge >= 0.3 is 0 Å². The van der Waals surface area contributed by atoms with E-state index >= 15 is 0 Å². The Labute approximate surface area is 151 Å². The van der Waals surface area contributed by atoms with Crippen LogP contribution < -0.4 is 10.1 Å². The number of carbonyl (C=O) groups excluding carboxylic acids is 1. The summed E-state index contributed by atoms with van der Waals surface area (Å²) in [5.74, 6) is 0.591. The second-order valence-electron chi connectivity index (χ2n) is 6.13. The van der Waals surface area contributed by atoms with Gasteiger partial charge in [-0.05, 0) is 37.1 Å². The van der Waals surface area contributed by atoms with Crippen LogP contribution in [0.5, 0.6) is 5.75 Å². The van der Waals surface area contributed by atoms with Crippen LogP contribution in [0.15, 0.2) is 36.9 Å². The summed E-state index contributed by atoms with van der Waals surface area (Å²) >= 11 is 0. The third kappa shape index (κ3) is 3.44. The summed E-state index contributed by atoms with van der Waals surface area (Å²) < 4.78 is 8.84. The molecule has 3 aromatic rings. The molecule has 1 N–H and O–H groups in total. The van der Waals surface area contributed by atoms with Crippen LogP contribution in [0.1, 0.15) is 42.9 Å². The molecule has 0 saturated carbocycles. The predicted molar refractivity (Wildman–Crippen MR) is 97.9 cm³/mol. The number of benzene rings is 1. The van der Waals surface area contributed by atoms with Crippen molar-refractivity contribution in [2.24, 2.45) is 0 Å². The van der Waals surface area contributed by atoms with Gasteiger partial charge in [-0.15, -0.1) is 10.2 Å². The summed E-state index contributed by atoms with van der Waals surface area (Å²) in [4.78, 5) is 12.8. The standard InChI is InChI=1S/C18H22N6O2/c1-5-24-16(9-14(22-24)12(2)3)18(25)21-15-8-13(6-7-17(15)26-4)23-10-19-20-11-23/h6-12H,5H2,1-4H3,(H,21,25). The minimum absolute atomic E-state index is 0.231. The number of anilines is 1. The molecule has 8 heteroatoms. The number of hydrogen-bond acceptors (Lipinski definition) is 5. The maximum atomic E-state index is 12.8. The van der Waals surface area contributed by atoms with Gasteiger partial charge in [0.05, 0.1) is 24.2 Å². The largest absolute Gasteiger partial charge is 0.495 e. The van der Waals surface area contributed by atoms with Gasteiger partial charge in [0.1, 0.15) is 24.1 Å². The molecule has 0 aliphatic carbocycles. The van der Waals surface area contributed by atoms with Crippen LogP contribution in [0, 0.1) is 0 Å². The Morgan fingerprint density at radius 2 is 1.96 bits per heavy atom. The van der Waals surface area contributed by atoms with Crippen LogP contribution in [-0.4, -0.2) is 37.6 Å². The molecule has 136 valence electrons. The number of ether oxygens (including phenoxy) is 1. The monoisotopic (exact) mass is 354 g/mol. The second kappa shape index (κ2) is 7.38. The molecule has 0 aliphatic heterocycles. The summed E-state index contributed by atoms with van der Waals surface area (Å²) in [6.45, 7) is 6.68. The van der Waals surface area contributed by atoms with Gasteiger partial charge in [-0.25, -0.2) is 0 Å². The molecular weight excluding hydrogens is 332 g/mol. The van der Waals surface area contributed by atoms with E-state index in [0.717, 1.165) is 11.4 Å². The van der Waals surface area contributed by atoms with Crippen LogP contribution in [0.4, 0.5) is 5.69 Å². The Kier molecular flexibility index (Phi) is 5.01. The van der Waals surface area contributed by atoms with Crippen molar-refractivity contribution in [3.05, 3.63) is 48.3 Å². The van der Waals surface area contributed by atoms with Gasteiger partial charge in [0.2, 0.25) is 0 Å². The van der Waals surface area contributed by atoms with Gasteiger partial charge in [-0.2, -0.15) is 5.10 Å². The van der Waals surface area contributed by atoms with E-state index in [4.69, 9.17) is 4.74 Å². The molecule has 2 aromatic heterocycles. The summed E-state index contributed by atoms with van der Waals surface area (Å²) in [5, 5.41) is 15.0. The molecule has 0 fully saturated rings. The van der Waals surface area contributed by atoms with Crippen LogP contribution in [0.25, 0.3) is 5.69 Å². The van der Waals surface area contributed by atoms with Gasteiger partial charge in [-0.1, -0.05) is 13.8 Å². The number of amides is 1. The van der Waals surface area contributed by atoms with Crippen molar-refractivity contribution < 1.29 is 9.53 Å². The average Bonchev–Trinajstić information content (AvgIpc) is 3.31. The summed E-state index contributed by atoms with van der Waals surface area (Å²) in [6, 6.07) is 7.31. The van der Waals surface area contributed by atoms with E-state index in [2.05, 4.69) is 34.5 Å². The molecule has 8 nitrogen and oxygen atoms in total. The van der Waals surface area contributed by atoms with Crippen molar-refractivity contribution in [3.63, 3.8) is 0 Å². The number of nitrogens with zero attached hydrogens (tertiary/aromatic N) is 5. The Bertz CT molecular complexity index is 899. The van der Waals surface area contributed by atoms with Gasteiger partial charge in [-0.3, -0.25) is 14.0 Å². The third-order valence-electron chi connectivity index (χ3n) is 4.07. The van der Waals surface area contributed by atoms with E-state index in [-0.39, 0.29) is 11.8 Å². The fraction of sp³-hybridized carbons (Fsp3) is 0.333. The third-order valence-corrected chi connectivity index (χ3v) is 4.07. The van der Waals surface area contributed by atoms with Crippen molar-refractivity contribution in [3.8, 4) is 11.4 Å². The fourth-order valence-electron chi connectivity index (χ4n) is 2.62. The van der Waals surface area contributed by atoms with E-state index < -0.39 is 0 Å². The normalized spacial score (nSPS) is 11.0. The number of rotatable bonds is 6. The summed E-state index contributed by atoms with van der Waals surface area (Å²) in [6.07, 6.45) is 3.18. The highest BCUT2D eigenvalue weighted by Crippen LogP contribution is 2.28. The lowest BCUT2D eigenvalue weighted by Crippen LogP contribution is -2.18. The number of aromatic nitrogens is 5. The smallest absolute Gasteiger partial charge is 0.274 e. The Balaban J connectivity index is 1.93. The molecule has 0 saturated heterocycles. The summed E-state index contributed by atoms with van der Waals surface area (Å²) in [7, 11) is 1.57. The van der Waals surface area contributed by atoms with Crippen LogP contribution in [0.3, 0.4) is 0 Å². The zero-order chi connectivity index (χ0) is 18.7. The topological polar surface area (TPSA) is 86.9 Å². The molecule has 26 heavy (non-hydrogen) atoms. The minimum atomic E-state index is -0.231. The number of methoxy groups -OCH3 is 1. The molecule has 1 amide bonds. The first-order chi connectivity index (χ1) is 12.5. The molecule has 0 radical (unpaired) electrons. The highest BCUT2D eigenvalue weighted by atomic mass is 16.5. The van der Waals surface area contributed by atoms with Gasteiger partial charge in [0.15, 0.2) is 0 Å². The van der Waals surface area contributed by atoms with Crippen molar-refractivity contribution in [2.75, 3.05) is 12.4 Å². The quantitative estimate of drug-likeness (QED) is 0.735. The molecule has 0 aliphatic rings. The van der Waals surface area contributed by atoms with E-state index in [1.807, 2.05) is 25.1 Å². The molecule has 3 rings (SSSR count). The van der Waals surface area contributed by atoms with Gasteiger partial charge < -0.3 is 10.1 Å². The molecule has 0 bridgehead atoms. The van der Waals surface area contributed by atoms with Crippen molar-refractivity contribution in [1.29, 1.82) is 0 Å². The average molecular weight is 354 g/mol. The highest BCUT2D eigenvalue weighted by molar-refractivity contribution is 6.04. The predicted octanol–water partition coefficient (Wildman–Crippen LogP) is 2.87. The lowest BCUT2D eigenvalue weighted by atomic mass is 10.1. The first-order valence-electron chi connectivity index (χ1n) is 8.45. The first-order valence-corrected chi connectivity index (χ1v) is 8.45. The van der Waals surface area contributed by atoms with Crippen LogP contribution in [-0.2, 0) is 6.54 Å². The van der Waals surface area contributed by atoms with E-state index in [9.17, 15) is 4.79 Å². The number of nitrogens with one attached hydrogen (secondary N) is 1. The lowest BCUT2D eigenvalue weighted by molar-refractivity contribution is 0.101. The molecular formula is C18H22N6O2. The van der Waals surface area contributed by atoms with E-state index in [0.29, 0.717) is 23.7 Å². The second-order valence-corrected chi connectivity index (χ2v) is 6.13. The molecule has 0 spiro atoms. The fourth-order valence-corrected chi connectivity index (χ4v) is 2.62. The van der Waals surface area contributed by atoms with E-state index in [1.165, 1.54) is 0 Å². The van der Waals surface area contributed by atoms with Gasteiger partial charge in [0, 0.05) is 6.54 Å². The van der Waals surface area contributed by atoms with Gasteiger partial charge in [0.25, 0.3) is 5.91 Å². The SMILES string of the molecule is CCn1nc(C(C)C)cc1C(=O)Nc1cc(-n2cnnc2)ccc1OC. The molecule has 1 aromatic carbocycles. The Morgan fingerprint density at radius 3 is 2.58 bits per heavy atom. The Hall–Kier alpha value is -3.16.